The molecule has 2 N–H and O–H groups in total. The summed E-state index contributed by atoms with van der Waals surface area (Å²) in [6.07, 6.45) is 1.87. The Hall–Kier alpha value is -0.770. The fraction of sp³-hybridized carbons (Fsp3) is 0.562. The molecule has 1 heterocycles. The van der Waals surface area contributed by atoms with Gasteiger partial charge in [-0.2, -0.15) is 0 Å². The number of amides is 1. The highest BCUT2D eigenvalue weighted by atomic mass is 35.5. The highest BCUT2D eigenvalue weighted by Crippen LogP contribution is 2.24. The summed E-state index contributed by atoms with van der Waals surface area (Å²) >= 11 is 5.94. The Morgan fingerprint density at radius 1 is 1.38 bits per heavy atom. The average Bonchev–Trinajstić information content (AvgIpc) is 2.92. The van der Waals surface area contributed by atoms with Crippen LogP contribution in [0.4, 0.5) is 0 Å². The summed E-state index contributed by atoms with van der Waals surface area (Å²) in [5, 5.41) is 7.17. The Kier molecular flexibility index (Phi) is 7.50. The minimum absolute atomic E-state index is 0. The third-order valence-electron chi connectivity index (χ3n) is 3.73. The van der Waals surface area contributed by atoms with E-state index in [1.54, 1.807) is 0 Å². The number of rotatable bonds is 5. The van der Waals surface area contributed by atoms with Crippen LogP contribution in [-0.4, -0.2) is 19.0 Å². The molecule has 1 aliphatic heterocycles. The fourth-order valence-corrected chi connectivity index (χ4v) is 2.74. The zero-order valence-electron chi connectivity index (χ0n) is 12.6. The Balaban J connectivity index is 0.00000220. The summed E-state index contributed by atoms with van der Waals surface area (Å²) in [7, 11) is 0. The van der Waals surface area contributed by atoms with Gasteiger partial charge in [-0.25, -0.2) is 0 Å². The topological polar surface area (TPSA) is 41.1 Å². The fourth-order valence-electron chi connectivity index (χ4n) is 2.61. The molecular weight excluding hydrogens is 307 g/mol. The van der Waals surface area contributed by atoms with E-state index in [1.165, 1.54) is 0 Å². The molecule has 1 fully saturated rings. The maximum atomic E-state index is 12.3. The molecule has 1 aromatic rings. The third kappa shape index (κ3) is 5.50. The molecule has 1 saturated heterocycles. The molecule has 1 aliphatic rings. The highest BCUT2D eigenvalue weighted by Gasteiger charge is 2.25. The normalized spacial score (nSPS) is 19.1. The molecule has 2 atom stereocenters. The van der Waals surface area contributed by atoms with E-state index in [1.807, 2.05) is 24.3 Å². The molecule has 5 heteroatoms. The van der Waals surface area contributed by atoms with Gasteiger partial charge in [0, 0.05) is 11.6 Å². The molecule has 0 spiro atoms. The van der Waals surface area contributed by atoms with Gasteiger partial charge in [-0.3, -0.25) is 4.79 Å². The van der Waals surface area contributed by atoms with Crippen LogP contribution in [0.5, 0.6) is 0 Å². The van der Waals surface area contributed by atoms with Crippen LogP contribution >= 0.6 is 24.0 Å². The molecule has 0 saturated carbocycles. The number of hydrogen-bond donors (Lipinski definition) is 2. The van der Waals surface area contributed by atoms with Crippen molar-refractivity contribution in [2.24, 2.45) is 11.8 Å². The first-order chi connectivity index (χ1) is 9.56. The lowest BCUT2D eigenvalue weighted by Gasteiger charge is -2.23. The predicted octanol–water partition coefficient (Wildman–Crippen LogP) is 3.57. The molecule has 118 valence electrons. The largest absolute Gasteiger partial charge is 0.349 e. The average molecular weight is 331 g/mol. The van der Waals surface area contributed by atoms with E-state index in [0.717, 1.165) is 36.5 Å². The van der Waals surface area contributed by atoms with Gasteiger partial charge in [-0.05, 0) is 43.0 Å². The number of carbonyl (C=O) groups excluding carboxylic acids is 1. The maximum Gasteiger partial charge on any atom is 0.224 e. The molecule has 0 bridgehead atoms. The summed E-state index contributed by atoms with van der Waals surface area (Å²) in [6.45, 7) is 6.08. The monoisotopic (exact) mass is 330 g/mol. The van der Waals surface area contributed by atoms with E-state index < -0.39 is 0 Å². The minimum atomic E-state index is 0. The van der Waals surface area contributed by atoms with Crippen LogP contribution in [0.15, 0.2) is 24.3 Å². The second-order valence-corrected chi connectivity index (χ2v) is 6.37. The van der Waals surface area contributed by atoms with Crippen LogP contribution in [0.2, 0.25) is 5.02 Å². The summed E-state index contributed by atoms with van der Waals surface area (Å²) in [5.74, 6) is 0.797. The van der Waals surface area contributed by atoms with Crippen LogP contribution in [0.1, 0.15) is 38.3 Å². The standard InChI is InChI=1S/C16H23ClN2O.ClH/c1-11(2)9-15(12-3-5-14(17)6-4-12)19-16(20)13-7-8-18-10-13;/h3-6,11,13,15,18H,7-10H2,1-2H3,(H,19,20);1H. The Bertz CT molecular complexity index is 442. The minimum Gasteiger partial charge on any atom is -0.349 e. The van der Waals surface area contributed by atoms with Gasteiger partial charge >= 0.3 is 0 Å². The van der Waals surface area contributed by atoms with Gasteiger partial charge in [0.1, 0.15) is 0 Å². The van der Waals surface area contributed by atoms with Crippen molar-refractivity contribution in [2.75, 3.05) is 13.1 Å². The Morgan fingerprint density at radius 2 is 2.05 bits per heavy atom. The van der Waals surface area contributed by atoms with Gasteiger partial charge in [0.15, 0.2) is 0 Å². The van der Waals surface area contributed by atoms with Crippen molar-refractivity contribution in [3.8, 4) is 0 Å². The molecule has 3 nitrogen and oxygen atoms in total. The SMILES string of the molecule is CC(C)CC(NC(=O)C1CCNC1)c1ccc(Cl)cc1.Cl. The quantitative estimate of drug-likeness (QED) is 0.866. The van der Waals surface area contributed by atoms with Crippen LogP contribution in [0, 0.1) is 11.8 Å². The molecule has 2 rings (SSSR count). The number of hydrogen-bond acceptors (Lipinski definition) is 2. The van der Waals surface area contributed by atoms with Gasteiger partial charge in [0.2, 0.25) is 5.91 Å². The lowest BCUT2D eigenvalue weighted by atomic mass is 9.96. The van der Waals surface area contributed by atoms with Crippen molar-refractivity contribution in [2.45, 2.75) is 32.7 Å². The van der Waals surface area contributed by atoms with Crippen molar-refractivity contribution >= 4 is 29.9 Å². The van der Waals surface area contributed by atoms with Gasteiger partial charge in [0.25, 0.3) is 0 Å². The molecule has 0 aromatic heterocycles. The van der Waals surface area contributed by atoms with Crippen molar-refractivity contribution in [1.82, 2.24) is 10.6 Å². The van der Waals surface area contributed by atoms with Gasteiger partial charge in [-0.1, -0.05) is 37.6 Å². The number of halogens is 2. The summed E-state index contributed by atoms with van der Waals surface area (Å²) < 4.78 is 0. The van der Waals surface area contributed by atoms with E-state index >= 15 is 0 Å². The maximum absolute atomic E-state index is 12.3. The van der Waals surface area contributed by atoms with Crippen LogP contribution in [0.25, 0.3) is 0 Å². The summed E-state index contributed by atoms with van der Waals surface area (Å²) in [6, 6.07) is 7.84. The molecular formula is C16H24Cl2N2O. The molecule has 0 aliphatic carbocycles. The Labute approximate surface area is 138 Å². The van der Waals surface area contributed by atoms with Gasteiger partial charge in [0.05, 0.1) is 12.0 Å². The second kappa shape index (κ2) is 8.62. The number of nitrogens with one attached hydrogen (secondary N) is 2. The van der Waals surface area contributed by atoms with E-state index in [-0.39, 0.29) is 30.3 Å². The molecule has 1 aromatic carbocycles. The van der Waals surface area contributed by atoms with Crippen molar-refractivity contribution in [3.05, 3.63) is 34.9 Å². The number of carbonyl (C=O) groups is 1. The first-order valence-corrected chi connectivity index (χ1v) is 7.70. The first kappa shape index (κ1) is 18.3. The highest BCUT2D eigenvalue weighted by molar-refractivity contribution is 6.30. The Morgan fingerprint density at radius 3 is 2.57 bits per heavy atom. The van der Waals surface area contributed by atoms with Gasteiger partial charge in [-0.15, -0.1) is 12.4 Å². The lowest BCUT2D eigenvalue weighted by Crippen LogP contribution is -2.35. The zero-order chi connectivity index (χ0) is 14.5. The van der Waals surface area contributed by atoms with Crippen molar-refractivity contribution in [1.29, 1.82) is 0 Å². The van der Waals surface area contributed by atoms with Gasteiger partial charge < -0.3 is 10.6 Å². The van der Waals surface area contributed by atoms with Crippen LogP contribution < -0.4 is 10.6 Å². The second-order valence-electron chi connectivity index (χ2n) is 5.93. The molecule has 2 unspecified atom stereocenters. The zero-order valence-corrected chi connectivity index (χ0v) is 14.1. The summed E-state index contributed by atoms with van der Waals surface area (Å²) in [5.41, 5.74) is 1.13. The third-order valence-corrected chi connectivity index (χ3v) is 3.98. The smallest absolute Gasteiger partial charge is 0.224 e. The van der Waals surface area contributed by atoms with E-state index in [9.17, 15) is 4.79 Å². The summed E-state index contributed by atoms with van der Waals surface area (Å²) in [4.78, 5) is 12.3. The lowest BCUT2D eigenvalue weighted by molar-refractivity contribution is -0.125. The van der Waals surface area contributed by atoms with Crippen LogP contribution in [-0.2, 0) is 4.79 Å². The van der Waals surface area contributed by atoms with Crippen molar-refractivity contribution in [3.63, 3.8) is 0 Å². The van der Waals surface area contributed by atoms with Crippen LogP contribution in [0.3, 0.4) is 0 Å². The van der Waals surface area contributed by atoms with E-state index in [0.29, 0.717) is 5.92 Å². The van der Waals surface area contributed by atoms with E-state index in [4.69, 9.17) is 11.6 Å². The molecule has 1 amide bonds. The first-order valence-electron chi connectivity index (χ1n) is 7.33. The number of benzene rings is 1. The van der Waals surface area contributed by atoms with Crippen molar-refractivity contribution < 1.29 is 4.79 Å². The molecule has 21 heavy (non-hydrogen) atoms. The van der Waals surface area contributed by atoms with E-state index in [2.05, 4.69) is 24.5 Å². The predicted molar refractivity (Wildman–Crippen MR) is 90.0 cm³/mol. The molecule has 0 radical (unpaired) electrons.